The molecule has 0 aromatic rings. The van der Waals surface area contributed by atoms with Crippen LogP contribution in [-0.4, -0.2) is 36.1 Å². The molecule has 4 atom stereocenters. The van der Waals surface area contributed by atoms with E-state index in [4.69, 9.17) is 0 Å². The van der Waals surface area contributed by atoms with Gasteiger partial charge in [0.05, 0.1) is 0 Å². The van der Waals surface area contributed by atoms with Crippen molar-refractivity contribution in [2.75, 3.05) is 13.1 Å². The van der Waals surface area contributed by atoms with Gasteiger partial charge in [-0.05, 0) is 70.9 Å². The summed E-state index contributed by atoms with van der Waals surface area (Å²) in [6, 6.07) is 2.52. The predicted molar refractivity (Wildman–Crippen MR) is 81.4 cm³/mol. The van der Waals surface area contributed by atoms with Crippen molar-refractivity contribution in [3.63, 3.8) is 0 Å². The number of hydrogen-bond acceptors (Lipinski definition) is 2. The highest BCUT2D eigenvalue weighted by Crippen LogP contribution is 2.36. The van der Waals surface area contributed by atoms with E-state index in [1.165, 1.54) is 77.3 Å². The van der Waals surface area contributed by atoms with Crippen LogP contribution in [0.4, 0.5) is 0 Å². The van der Waals surface area contributed by atoms with Gasteiger partial charge in [-0.25, -0.2) is 0 Å². The summed E-state index contributed by atoms with van der Waals surface area (Å²) >= 11 is 0. The van der Waals surface area contributed by atoms with Gasteiger partial charge in [0.2, 0.25) is 0 Å². The molecule has 2 aliphatic heterocycles. The molecule has 0 aromatic carbocycles. The molecule has 2 saturated heterocycles. The molecule has 3 fully saturated rings. The van der Waals surface area contributed by atoms with Gasteiger partial charge in [0.15, 0.2) is 0 Å². The number of nitrogens with zero attached hydrogens (tertiary/aromatic N) is 1. The SMILES string of the molecule is CC(CC1CCCCN1)N1CCC[C@H]2CCCC[C@H]21. The fraction of sp³-hybridized carbons (Fsp3) is 1.00. The topological polar surface area (TPSA) is 15.3 Å². The molecular weight excluding hydrogens is 232 g/mol. The van der Waals surface area contributed by atoms with E-state index in [1.54, 1.807) is 0 Å². The van der Waals surface area contributed by atoms with E-state index in [0.717, 1.165) is 24.0 Å². The third-order valence-electron chi connectivity index (χ3n) is 5.89. The maximum Gasteiger partial charge on any atom is 0.0126 e. The van der Waals surface area contributed by atoms with Gasteiger partial charge in [-0.15, -0.1) is 0 Å². The summed E-state index contributed by atoms with van der Waals surface area (Å²) in [5.41, 5.74) is 0. The minimum atomic E-state index is 0.793. The molecule has 2 heteroatoms. The molecule has 1 saturated carbocycles. The molecule has 2 heterocycles. The highest BCUT2D eigenvalue weighted by atomic mass is 15.2. The highest BCUT2D eigenvalue weighted by Gasteiger charge is 2.35. The van der Waals surface area contributed by atoms with Gasteiger partial charge in [0.25, 0.3) is 0 Å². The summed E-state index contributed by atoms with van der Waals surface area (Å²) in [4.78, 5) is 2.89. The zero-order valence-corrected chi connectivity index (χ0v) is 12.7. The van der Waals surface area contributed by atoms with Crippen molar-refractivity contribution in [2.45, 2.75) is 89.3 Å². The molecule has 3 aliphatic rings. The number of rotatable bonds is 3. The van der Waals surface area contributed by atoms with E-state index in [9.17, 15) is 0 Å². The van der Waals surface area contributed by atoms with Gasteiger partial charge in [-0.3, -0.25) is 4.90 Å². The van der Waals surface area contributed by atoms with Crippen molar-refractivity contribution in [2.24, 2.45) is 5.92 Å². The largest absolute Gasteiger partial charge is 0.314 e. The van der Waals surface area contributed by atoms with E-state index in [1.807, 2.05) is 0 Å². The number of hydrogen-bond donors (Lipinski definition) is 1. The van der Waals surface area contributed by atoms with Crippen molar-refractivity contribution in [1.82, 2.24) is 10.2 Å². The molecule has 110 valence electrons. The van der Waals surface area contributed by atoms with Crippen LogP contribution in [0.1, 0.15) is 71.1 Å². The van der Waals surface area contributed by atoms with Crippen molar-refractivity contribution in [1.29, 1.82) is 0 Å². The maximum atomic E-state index is 3.73. The molecule has 2 nitrogen and oxygen atoms in total. The van der Waals surface area contributed by atoms with Gasteiger partial charge >= 0.3 is 0 Å². The molecule has 1 N–H and O–H groups in total. The summed E-state index contributed by atoms with van der Waals surface area (Å²) < 4.78 is 0. The predicted octanol–water partition coefficient (Wildman–Crippen LogP) is 3.56. The van der Waals surface area contributed by atoms with E-state index in [2.05, 4.69) is 17.1 Å². The Balaban J connectivity index is 1.56. The molecule has 1 aliphatic carbocycles. The Labute approximate surface area is 119 Å². The van der Waals surface area contributed by atoms with Crippen LogP contribution in [0.25, 0.3) is 0 Å². The van der Waals surface area contributed by atoms with Crippen LogP contribution in [0.5, 0.6) is 0 Å². The zero-order valence-electron chi connectivity index (χ0n) is 12.7. The minimum absolute atomic E-state index is 0.793. The van der Waals surface area contributed by atoms with Gasteiger partial charge < -0.3 is 5.32 Å². The van der Waals surface area contributed by atoms with Gasteiger partial charge in [-0.2, -0.15) is 0 Å². The lowest BCUT2D eigenvalue weighted by atomic mass is 9.77. The van der Waals surface area contributed by atoms with Gasteiger partial charge in [0, 0.05) is 18.1 Å². The lowest BCUT2D eigenvalue weighted by molar-refractivity contribution is 0.0246. The van der Waals surface area contributed by atoms with E-state index in [-0.39, 0.29) is 0 Å². The molecule has 2 unspecified atom stereocenters. The zero-order chi connectivity index (χ0) is 13.1. The third-order valence-corrected chi connectivity index (χ3v) is 5.89. The molecule has 0 radical (unpaired) electrons. The first kappa shape index (κ1) is 13.9. The Morgan fingerprint density at radius 3 is 2.63 bits per heavy atom. The van der Waals surface area contributed by atoms with E-state index in [0.29, 0.717) is 0 Å². The maximum absolute atomic E-state index is 3.73. The second-order valence-corrected chi connectivity index (χ2v) is 7.22. The lowest BCUT2D eigenvalue weighted by Crippen LogP contribution is -2.52. The summed E-state index contributed by atoms with van der Waals surface area (Å²) in [6.07, 6.45) is 14.5. The fourth-order valence-corrected chi connectivity index (χ4v) is 4.88. The monoisotopic (exact) mass is 264 g/mol. The fourth-order valence-electron chi connectivity index (χ4n) is 4.88. The smallest absolute Gasteiger partial charge is 0.0126 e. The van der Waals surface area contributed by atoms with E-state index >= 15 is 0 Å². The first-order valence-electron chi connectivity index (χ1n) is 8.84. The van der Waals surface area contributed by atoms with Crippen LogP contribution in [0, 0.1) is 5.92 Å². The van der Waals surface area contributed by atoms with Crippen molar-refractivity contribution >= 4 is 0 Å². The summed E-state index contributed by atoms with van der Waals surface area (Å²) in [5.74, 6) is 1.03. The first-order chi connectivity index (χ1) is 9.34. The molecule has 0 bridgehead atoms. The van der Waals surface area contributed by atoms with Crippen LogP contribution in [0.3, 0.4) is 0 Å². The summed E-state index contributed by atoms with van der Waals surface area (Å²) in [6.45, 7) is 5.12. The number of piperidine rings is 2. The van der Waals surface area contributed by atoms with Gasteiger partial charge in [0.1, 0.15) is 0 Å². The average Bonchev–Trinajstić information content (AvgIpc) is 2.47. The standard InChI is InChI=1S/C17H32N2/c1-14(13-16-9-4-5-11-18-16)19-12-6-8-15-7-2-3-10-17(15)19/h14-18H,2-13H2,1H3/t14?,15-,16?,17-/m1/s1. The minimum Gasteiger partial charge on any atom is -0.314 e. The second-order valence-electron chi connectivity index (χ2n) is 7.22. The van der Waals surface area contributed by atoms with Crippen molar-refractivity contribution < 1.29 is 0 Å². The first-order valence-corrected chi connectivity index (χ1v) is 8.84. The third kappa shape index (κ3) is 3.33. The Bertz CT molecular complexity index is 270. The Kier molecular flexibility index (Phi) is 4.81. The van der Waals surface area contributed by atoms with Crippen LogP contribution in [-0.2, 0) is 0 Å². The molecule has 0 amide bonds. The number of fused-ring (bicyclic) bond motifs is 1. The van der Waals surface area contributed by atoms with Crippen LogP contribution < -0.4 is 5.32 Å². The molecule has 0 aromatic heterocycles. The van der Waals surface area contributed by atoms with Crippen LogP contribution in [0.15, 0.2) is 0 Å². The van der Waals surface area contributed by atoms with Crippen LogP contribution >= 0.6 is 0 Å². The number of likely N-dealkylation sites (tertiary alicyclic amines) is 1. The highest BCUT2D eigenvalue weighted by molar-refractivity contribution is 4.91. The summed E-state index contributed by atoms with van der Waals surface area (Å²) in [5, 5.41) is 3.73. The second kappa shape index (κ2) is 6.58. The summed E-state index contributed by atoms with van der Waals surface area (Å²) in [7, 11) is 0. The number of nitrogens with one attached hydrogen (secondary N) is 1. The van der Waals surface area contributed by atoms with E-state index < -0.39 is 0 Å². The van der Waals surface area contributed by atoms with Crippen LogP contribution in [0.2, 0.25) is 0 Å². The Hall–Kier alpha value is -0.0800. The molecule has 0 spiro atoms. The Morgan fingerprint density at radius 1 is 1.00 bits per heavy atom. The van der Waals surface area contributed by atoms with Gasteiger partial charge in [-0.1, -0.05) is 19.3 Å². The van der Waals surface area contributed by atoms with Crippen molar-refractivity contribution in [3.8, 4) is 0 Å². The molecular formula is C17H32N2. The average molecular weight is 264 g/mol. The molecule has 19 heavy (non-hydrogen) atoms. The van der Waals surface area contributed by atoms with Crippen molar-refractivity contribution in [3.05, 3.63) is 0 Å². The lowest BCUT2D eigenvalue weighted by Gasteiger charge is -2.47. The quantitative estimate of drug-likeness (QED) is 0.838. The molecule has 3 rings (SSSR count). The Morgan fingerprint density at radius 2 is 1.79 bits per heavy atom. The normalized spacial score (nSPS) is 38.7.